The number of nitrogens with one attached hydrogen (secondary N) is 1. The van der Waals surface area contributed by atoms with Crippen LogP contribution in [0.1, 0.15) is 13.0 Å². The number of aromatic nitrogens is 2. The summed E-state index contributed by atoms with van der Waals surface area (Å²) in [4.78, 5) is 18.3. The molecule has 1 N–H and O–H groups in total. The van der Waals surface area contributed by atoms with Gasteiger partial charge >= 0.3 is 0 Å². The van der Waals surface area contributed by atoms with E-state index in [0.29, 0.717) is 10.2 Å². The van der Waals surface area contributed by atoms with Gasteiger partial charge in [0.25, 0.3) is 5.56 Å². The van der Waals surface area contributed by atoms with Gasteiger partial charge in [-0.05, 0) is 44.7 Å². The van der Waals surface area contributed by atoms with E-state index in [1.807, 2.05) is 37.4 Å². The van der Waals surface area contributed by atoms with Crippen LogP contribution in [0.25, 0.3) is 10.2 Å². The summed E-state index contributed by atoms with van der Waals surface area (Å²) in [6, 6.07) is 1.90. The molecule has 1 unspecified atom stereocenters. The summed E-state index contributed by atoms with van der Waals surface area (Å²) in [5, 5.41) is 2.62. The van der Waals surface area contributed by atoms with Crippen LogP contribution in [0.5, 0.6) is 0 Å². The summed E-state index contributed by atoms with van der Waals surface area (Å²) in [5.74, 6) is 0. The highest BCUT2D eigenvalue weighted by Crippen LogP contribution is 2.15. The molecule has 2 aromatic heterocycles. The summed E-state index contributed by atoms with van der Waals surface area (Å²) >= 11 is 6.76. The maximum atomic E-state index is 12.3. The molecule has 0 aliphatic heterocycles. The second-order valence-corrected chi connectivity index (χ2v) is 5.68. The van der Waals surface area contributed by atoms with E-state index in [9.17, 15) is 4.79 Å². The third-order valence-electron chi connectivity index (χ3n) is 2.62. The first-order valence-electron chi connectivity index (χ1n) is 5.37. The van der Waals surface area contributed by atoms with Crippen LogP contribution < -0.4 is 5.56 Å². The molecule has 0 spiro atoms. The van der Waals surface area contributed by atoms with E-state index in [-0.39, 0.29) is 11.6 Å². The zero-order valence-corrected chi connectivity index (χ0v) is 11.7. The van der Waals surface area contributed by atoms with E-state index in [1.165, 1.54) is 11.3 Å². The van der Waals surface area contributed by atoms with E-state index in [1.54, 1.807) is 4.57 Å². The summed E-state index contributed by atoms with van der Waals surface area (Å²) in [7, 11) is 3.97. The van der Waals surface area contributed by atoms with Crippen molar-refractivity contribution >= 4 is 33.8 Å². The molecule has 0 fully saturated rings. The van der Waals surface area contributed by atoms with Gasteiger partial charge in [0.1, 0.15) is 4.83 Å². The van der Waals surface area contributed by atoms with Gasteiger partial charge in [-0.1, -0.05) is 0 Å². The predicted molar refractivity (Wildman–Crippen MR) is 74.5 cm³/mol. The Kier molecular flexibility index (Phi) is 3.46. The van der Waals surface area contributed by atoms with Crippen LogP contribution in [0.4, 0.5) is 0 Å². The summed E-state index contributed by atoms with van der Waals surface area (Å²) in [5.41, 5.74) is -0.000602. The van der Waals surface area contributed by atoms with Crippen molar-refractivity contribution in [3.05, 3.63) is 26.6 Å². The summed E-state index contributed by atoms with van der Waals surface area (Å²) in [6.07, 6.45) is 0. The lowest BCUT2D eigenvalue weighted by molar-refractivity contribution is 0.330. The Balaban J connectivity index is 2.60. The fourth-order valence-electron chi connectivity index (χ4n) is 1.96. The fourth-order valence-corrected chi connectivity index (χ4v) is 3.17. The number of hydrogen-bond acceptors (Lipinski definition) is 4. The quantitative estimate of drug-likeness (QED) is 0.869. The first-order chi connectivity index (χ1) is 8.00. The molecule has 92 valence electrons. The van der Waals surface area contributed by atoms with Crippen molar-refractivity contribution < 1.29 is 0 Å². The van der Waals surface area contributed by atoms with Crippen LogP contribution in [0.3, 0.4) is 0 Å². The van der Waals surface area contributed by atoms with Gasteiger partial charge in [0.15, 0.2) is 4.77 Å². The van der Waals surface area contributed by atoms with Gasteiger partial charge < -0.3 is 9.88 Å². The topological polar surface area (TPSA) is 41.0 Å². The number of hydrogen-bond donors (Lipinski definition) is 1. The van der Waals surface area contributed by atoms with Crippen molar-refractivity contribution in [2.45, 2.75) is 13.0 Å². The minimum Gasteiger partial charge on any atom is -0.323 e. The van der Waals surface area contributed by atoms with Crippen LogP contribution >= 0.6 is 23.6 Å². The Morgan fingerprint density at radius 3 is 2.94 bits per heavy atom. The molecule has 1 atom stereocenters. The van der Waals surface area contributed by atoms with E-state index in [0.717, 1.165) is 11.4 Å². The predicted octanol–water partition coefficient (Wildman–Crippen LogP) is 2.24. The molecule has 0 saturated heterocycles. The molecule has 0 aliphatic carbocycles. The highest BCUT2D eigenvalue weighted by Gasteiger charge is 2.12. The van der Waals surface area contributed by atoms with Crippen LogP contribution in [0, 0.1) is 4.77 Å². The van der Waals surface area contributed by atoms with Gasteiger partial charge in [-0.15, -0.1) is 11.3 Å². The zero-order chi connectivity index (χ0) is 12.6. The van der Waals surface area contributed by atoms with Gasteiger partial charge in [0.2, 0.25) is 0 Å². The normalized spacial score (nSPS) is 13.4. The SMILES string of the molecule is CC(CN(C)C)n1c(=S)[nH]c2sccc2c1=O. The van der Waals surface area contributed by atoms with Crippen molar-refractivity contribution in [2.24, 2.45) is 0 Å². The number of nitrogens with zero attached hydrogens (tertiary/aromatic N) is 2. The van der Waals surface area contributed by atoms with Crippen LogP contribution in [0.15, 0.2) is 16.2 Å². The Hall–Kier alpha value is -0.980. The first-order valence-corrected chi connectivity index (χ1v) is 6.66. The van der Waals surface area contributed by atoms with Crippen molar-refractivity contribution in [1.82, 2.24) is 14.5 Å². The van der Waals surface area contributed by atoms with Crippen LogP contribution in [-0.2, 0) is 0 Å². The fraction of sp³-hybridized carbons (Fsp3) is 0.455. The average molecular weight is 269 g/mol. The van der Waals surface area contributed by atoms with E-state index in [4.69, 9.17) is 12.2 Å². The van der Waals surface area contributed by atoms with Gasteiger partial charge in [0.05, 0.1) is 5.39 Å². The average Bonchev–Trinajstić information content (AvgIpc) is 2.64. The molecule has 0 aromatic carbocycles. The Labute approximate surface area is 109 Å². The van der Waals surface area contributed by atoms with Crippen molar-refractivity contribution in [3.63, 3.8) is 0 Å². The lowest BCUT2D eigenvalue weighted by atomic mass is 10.3. The number of rotatable bonds is 3. The third kappa shape index (κ3) is 2.34. The van der Waals surface area contributed by atoms with Crippen molar-refractivity contribution in [1.29, 1.82) is 0 Å². The molecule has 0 amide bonds. The highest BCUT2D eigenvalue weighted by molar-refractivity contribution is 7.71. The molecule has 6 heteroatoms. The summed E-state index contributed by atoms with van der Waals surface area (Å²) < 4.78 is 2.16. The van der Waals surface area contributed by atoms with E-state index in [2.05, 4.69) is 4.98 Å². The molecule has 2 aromatic rings. The van der Waals surface area contributed by atoms with Crippen molar-refractivity contribution in [2.75, 3.05) is 20.6 Å². The Morgan fingerprint density at radius 1 is 1.59 bits per heavy atom. The number of H-pyrrole nitrogens is 1. The molecule has 0 aliphatic rings. The lowest BCUT2D eigenvalue weighted by Gasteiger charge is -2.19. The molecule has 2 rings (SSSR count). The van der Waals surface area contributed by atoms with E-state index >= 15 is 0 Å². The van der Waals surface area contributed by atoms with Gasteiger partial charge in [-0.3, -0.25) is 9.36 Å². The highest BCUT2D eigenvalue weighted by atomic mass is 32.1. The lowest BCUT2D eigenvalue weighted by Crippen LogP contribution is -2.31. The molecule has 4 nitrogen and oxygen atoms in total. The molecule has 0 saturated carbocycles. The maximum Gasteiger partial charge on any atom is 0.263 e. The largest absolute Gasteiger partial charge is 0.323 e. The summed E-state index contributed by atoms with van der Waals surface area (Å²) in [6.45, 7) is 2.79. The smallest absolute Gasteiger partial charge is 0.263 e. The van der Waals surface area contributed by atoms with Crippen molar-refractivity contribution in [3.8, 4) is 0 Å². The Morgan fingerprint density at radius 2 is 2.29 bits per heavy atom. The molecular weight excluding hydrogens is 254 g/mol. The van der Waals surface area contributed by atoms with Crippen LogP contribution in [0.2, 0.25) is 0 Å². The molecule has 2 heterocycles. The maximum absolute atomic E-state index is 12.3. The number of aromatic amines is 1. The van der Waals surface area contributed by atoms with Gasteiger partial charge in [-0.25, -0.2) is 0 Å². The second kappa shape index (κ2) is 4.72. The van der Waals surface area contributed by atoms with Crippen LogP contribution in [-0.4, -0.2) is 35.1 Å². The van der Waals surface area contributed by atoms with Gasteiger partial charge in [0, 0.05) is 12.6 Å². The number of fused-ring (bicyclic) bond motifs is 1. The molecule has 0 bridgehead atoms. The monoisotopic (exact) mass is 269 g/mol. The number of likely N-dealkylation sites (N-methyl/N-ethyl adjacent to an activating group) is 1. The number of thiophene rings is 1. The zero-order valence-electron chi connectivity index (χ0n) is 10.1. The molecule has 17 heavy (non-hydrogen) atoms. The standard InChI is InChI=1S/C11H15N3OS2/c1-7(6-13(2)3)14-10(15)8-4-5-17-9(8)12-11(14)16/h4-5,7H,6H2,1-3H3,(H,12,16). The molecule has 0 radical (unpaired) electrons. The minimum absolute atomic E-state index is 0.000602. The first kappa shape index (κ1) is 12.5. The van der Waals surface area contributed by atoms with Gasteiger partial charge in [-0.2, -0.15) is 0 Å². The third-order valence-corrected chi connectivity index (χ3v) is 3.75. The molecular formula is C11H15N3OS2. The minimum atomic E-state index is -0.000602. The Bertz CT molecular complexity index is 638. The van der Waals surface area contributed by atoms with E-state index < -0.39 is 0 Å². The second-order valence-electron chi connectivity index (χ2n) is 4.38.